The number of thiazole rings is 1. The molecule has 2 aromatic carbocycles. The number of hydrogen-bond acceptors (Lipinski definition) is 5. The molecule has 7 heteroatoms. The van der Waals surface area contributed by atoms with Crippen LogP contribution in [0.15, 0.2) is 67.0 Å². The Balaban J connectivity index is 1.51. The van der Waals surface area contributed by atoms with E-state index >= 15 is 0 Å². The van der Waals surface area contributed by atoms with Crippen LogP contribution in [-0.4, -0.2) is 10.8 Å². The predicted octanol–water partition coefficient (Wildman–Crippen LogP) is 5.02. The number of hydrogen-bond donors (Lipinski definition) is 1. The second kappa shape index (κ2) is 8.71. The van der Waals surface area contributed by atoms with Crippen molar-refractivity contribution in [3.8, 4) is 10.6 Å². The maximum atomic E-state index is 13.0. The number of nitrogens with zero attached hydrogens (tertiary/aromatic N) is 1. The third-order valence-corrected chi connectivity index (χ3v) is 4.81. The lowest BCUT2D eigenvalue weighted by molar-refractivity contribution is 0.0572. The first-order valence-electron chi connectivity index (χ1n) is 7.67. The molecule has 0 aliphatic carbocycles. The molecule has 0 aliphatic heterocycles. The molecule has 0 unspecified atom stereocenters. The number of benzene rings is 2. The first kappa shape index (κ1) is 18.3. The maximum absolute atomic E-state index is 13.0. The number of nitrogens with one attached hydrogen (secondary N) is 1. The van der Waals surface area contributed by atoms with Crippen LogP contribution in [0.2, 0.25) is 5.02 Å². The monoisotopic (exact) mass is 388 g/mol. The normalized spacial score (nSPS) is 11.0. The van der Waals surface area contributed by atoms with Crippen molar-refractivity contribution in [2.45, 2.75) is 6.61 Å². The van der Waals surface area contributed by atoms with E-state index in [-0.39, 0.29) is 17.4 Å². The summed E-state index contributed by atoms with van der Waals surface area (Å²) < 4.78 is 13.0. The molecular formula is C19H14ClFN2O2S. The number of aromatic nitrogens is 1. The highest BCUT2D eigenvalue weighted by atomic mass is 35.5. The van der Waals surface area contributed by atoms with Crippen LogP contribution in [0.5, 0.6) is 0 Å². The zero-order chi connectivity index (χ0) is 18.4. The highest BCUT2D eigenvalue weighted by molar-refractivity contribution is 7.17. The molecule has 0 saturated heterocycles. The Morgan fingerprint density at radius 2 is 2.08 bits per heavy atom. The van der Waals surface area contributed by atoms with Gasteiger partial charge in [-0.25, -0.2) is 9.37 Å². The third-order valence-electron chi connectivity index (χ3n) is 3.40. The SMILES string of the molecule is O=C(C=CNOCc1ccc(F)cc1Cl)c1cnc(-c2ccccc2)s1. The molecule has 1 aromatic heterocycles. The number of halogens is 2. The second-order valence-corrected chi connectivity index (χ2v) is 6.67. The fourth-order valence-electron chi connectivity index (χ4n) is 2.10. The summed E-state index contributed by atoms with van der Waals surface area (Å²) in [6.45, 7) is 0.135. The number of allylic oxidation sites excluding steroid dienone is 1. The van der Waals surface area contributed by atoms with Gasteiger partial charge in [-0.2, -0.15) is 0 Å². The Kier molecular flexibility index (Phi) is 6.12. The molecule has 26 heavy (non-hydrogen) atoms. The third kappa shape index (κ3) is 4.76. The van der Waals surface area contributed by atoms with E-state index in [9.17, 15) is 9.18 Å². The van der Waals surface area contributed by atoms with E-state index in [2.05, 4.69) is 10.5 Å². The van der Waals surface area contributed by atoms with Gasteiger partial charge in [-0.05, 0) is 17.7 Å². The molecule has 4 nitrogen and oxygen atoms in total. The topological polar surface area (TPSA) is 51.2 Å². The smallest absolute Gasteiger partial charge is 0.198 e. The molecule has 0 spiro atoms. The highest BCUT2D eigenvalue weighted by Crippen LogP contribution is 2.25. The van der Waals surface area contributed by atoms with Gasteiger partial charge in [0.2, 0.25) is 0 Å². The van der Waals surface area contributed by atoms with Crippen LogP contribution in [0.3, 0.4) is 0 Å². The Morgan fingerprint density at radius 3 is 2.85 bits per heavy atom. The van der Waals surface area contributed by atoms with Gasteiger partial charge in [-0.1, -0.05) is 48.0 Å². The van der Waals surface area contributed by atoms with Crippen LogP contribution >= 0.6 is 22.9 Å². The second-order valence-electron chi connectivity index (χ2n) is 5.24. The average Bonchev–Trinajstić information content (AvgIpc) is 3.14. The van der Waals surface area contributed by atoms with Crippen molar-refractivity contribution in [1.29, 1.82) is 0 Å². The van der Waals surface area contributed by atoms with Gasteiger partial charge in [0.05, 0.1) is 4.88 Å². The molecule has 0 fully saturated rings. The Bertz CT molecular complexity index is 928. The lowest BCUT2D eigenvalue weighted by atomic mass is 10.2. The van der Waals surface area contributed by atoms with Crippen LogP contribution in [0.1, 0.15) is 15.2 Å². The van der Waals surface area contributed by atoms with Crippen molar-refractivity contribution in [3.63, 3.8) is 0 Å². The summed E-state index contributed by atoms with van der Waals surface area (Å²) in [7, 11) is 0. The summed E-state index contributed by atoms with van der Waals surface area (Å²) in [5.41, 5.74) is 4.15. The molecule has 3 rings (SSSR count). The number of carbonyl (C=O) groups excluding carboxylic acids is 1. The van der Waals surface area contributed by atoms with Crippen LogP contribution in [0.4, 0.5) is 4.39 Å². The standard InChI is InChI=1S/C19H14ClFN2O2S/c20-16-10-15(21)7-6-14(16)12-25-23-9-8-17(24)18-11-22-19(26-18)13-4-2-1-3-5-13/h1-11,23H,12H2. The summed E-state index contributed by atoms with van der Waals surface area (Å²) in [5, 5.41) is 1.07. The van der Waals surface area contributed by atoms with E-state index in [1.165, 1.54) is 41.8 Å². The van der Waals surface area contributed by atoms with E-state index in [4.69, 9.17) is 16.4 Å². The molecular weight excluding hydrogens is 375 g/mol. The van der Waals surface area contributed by atoms with Gasteiger partial charge in [0.15, 0.2) is 5.78 Å². The molecule has 0 aliphatic rings. The lowest BCUT2D eigenvalue weighted by Crippen LogP contribution is -2.07. The van der Waals surface area contributed by atoms with Crippen LogP contribution in [0.25, 0.3) is 10.6 Å². The minimum Gasteiger partial charge on any atom is -0.288 e. The number of rotatable bonds is 7. The predicted molar refractivity (Wildman–Crippen MR) is 100 cm³/mol. The van der Waals surface area contributed by atoms with Crippen LogP contribution in [-0.2, 0) is 11.4 Å². The van der Waals surface area contributed by atoms with Gasteiger partial charge in [0, 0.05) is 29.1 Å². The van der Waals surface area contributed by atoms with E-state index in [0.29, 0.717) is 10.4 Å². The molecule has 1 N–H and O–H groups in total. The summed E-state index contributed by atoms with van der Waals surface area (Å²) in [5.74, 6) is -0.586. The van der Waals surface area contributed by atoms with Gasteiger partial charge in [-0.15, -0.1) is 11.3 Å². The minimum absolute atomic E-state index is 0.135. The number of ketones is 1. The molecule has 0 saturated carbocycles. The van der Waals surface area contributed by atoms with Gasteiger partial charge in [-0.3, -0.25) is 15.1 Å². The average molecular weight is 389 g/mol. The minimum atomic E-state index is -0.406. The molecule has 1 heterocycles. The summed E-state index contributed by atoms with van der Waals surface area (Å²) >= 11 is 7.22. The van der Waals surface area contributed by atoms with Gasteiger partial charge >= 0.3 is 0 Å². The molecule has 0 bridgehead atoms. The molecule has 0 radical (unpaired) electrons. The summed E-state index contributed by atoms with van der Waals surface area (Å²) in [6.07, 6.45) is 4.30. The van der Waals surface area contributed by atoms with Crippen molar-refractivity contribution in [1.82, 2.24) is 10.5 Å². The van der Waals surface area contributed by atoms with Gasteiger partial charge < -0.3 is 0 Å². The Labute approximate surface area is 158 Å². The largest absolute Gasteiger partial charge is 0.288 e. The maximum Gasteiger partial charge on any atom is 0.198 e. The lowest BCUT2D eigenvalue weighted by Gasteiger charge is -2.04. The first-order chi connectivity index (χ1) is 12.6. The quantitative estimate of drug-likeness (QED) is 0.267. The van der Waals surface area contributed by atoms with E-state index in [1.807, 2.05) is 30.3 Å². The summed E-state index contributed by atoms with van der Waals surface area (Å²) in [4.78, 5) is 22.1. The van der Waals surface area contributed by atoms with Crippen molar-refractivity contribution < 1.29 is 14.0 Å². The van der Waals surface area contributed by atoms with E-state index in [0.717, 1.165) is 10.6 Å². The summed E-state index contributed by atoms with van der Waals surface area (Å²) in [6, 6.07) is 13.7. The fraction of sp³-hybridized carbons (Fsp3) is 0.0526. The Morgan fingerprint density at radius 1 is 1.27 bits per heavy atom. The zero-order valence-corrected chi connectivity index (χ0v) is 15.1. The number of hydroxylamine groups is 1. The highest BCUT2D eigenvalue weighted by Gasteiger charge is 2.09. The molecule has 132 valence electrons. The number of carbonyl (C=O) groups is 1. The zero-order valence-electron chi connectivity index (χ0n) is 13.5. The van der Waals surface area contributed by atoms with E-state index < -0.39 is 5.82 Å². The molecule has 0 amide bonds. The first-order valence-corrected chi connectivity index (χ1v) is 8.86. The van der Waals surface area contributed by atoms with Crippen molar-refractivity contribution >= 4 is 28.7 Å². The van der Waals surface area contributed by atoms with Gasteiger partial charge in [0.25, 0.3) is 0 Å². The van der Waals surface area contributed by atoms with Gasteiger partial charge in [0.1, 0.15) is 17.4 Å². The van der Waals surface area contributed by atoms with Crippen molar-refractivity contribution in [3.05, 3.63) is 88.3 Å². The fourth-order valence-corrected chi connectivity index (χ4v) is 3.16. The Hall–Kier alpha value is -2.54. The van der Waals surface area contributed by atoms with Crippen LogP contribution < -0.4 is 5.48 Å². The van der Waals surface area contributed by atoms with Crippen molar-refractivity contribution in [2.75, 3.05) is 0 Å². The molecule has 0 atom stereocenters. The van der Waals surface area contributed by atoms with E-state index in [1.54, 1.807) is 6.20 Å². The van der Waals surface area contributed by atoms with Crippen LogP contribution in [0, 0.1) is 5.82 Å². The van der Waals surface area contributed by atoms with Crippen molar-refractivity contribution in [2.24, 2.45) is 0 Å². The molecule has 3 aromatic rings.